The Morgan fingerprint density at radius 3 is 2.61 bits per heavy atom. The lowest BCUT2D eigenvalue weighted by molar-refractivity contribution is 0.0696. The number of aromatic carboxylic acids is 1. The number of hydrazine groups is 1. The number of benzene rings is 2. The molecule has 0 saturated heterocycles. The van der Waals surface area contributed by atoms with Crippen molar-refractivity contribution in [3.63, 3.8) is 0 Å². The average Bonchev–Trinajstić information content (AvgIpc) is 2.79. The van der Waals surface area contributed by atoms with Crippen LogP contribution in [0.5, 0.6) is 0 Å². The Bertz CT molecular complexity index is 1110. The van der Waals surface area contributed by atoms with Crippen molar-refractivity contribution in [1.29, 1.82) is 0 Å². The van der Waals surface area contributed by atoms with Crippen LogP contribution >= 0.6 is 23.8 Å². The summed E-state index contributed by atoms with van der Waals surface area (Å²) < 4.78 is 0. The van der Waals surface area contributed by atoms with Gasteiger partial charge in [-0.3, -0.25) is 10.9 Å². The molecule has 0 unspecified atom stereocenters. The van der Waals surface area contributed by atoms with Crippen LogP contribution < -0.4 is 16.2 Å². The lowest BCUT2D eigenvalue weighted by Gasteiger charge is -2.35. The molecular formula is C23H21ClN4O2S. The van der Waals surface area contributed by atoms with Crippen molar-refractivity contribution < 1.29 is 9.90 Å². The van der Waals surface area contributed by atoms with Crippen LogP contribution in [0.1, 0.15) is 45.4 Å². The zero-order valence-corrected chi connectivity index (χ0v) is 18.1. The molecule has 1 aromatic heterocycles. The van der Waals surface area contributed by atoms with E-state index in [4.69, 9.17) is 28.9 Å². The molecule has 8 heteroatoms. The number of hydrogen-bond acceptors (Lipinski definition) is 4. The highest BCUT2D eigenvalue weighted by Gasteiger charge is 2.31. The van der Waals surface area contributed by atoms with Crippen LogP contribution in [0.15, 0.2) is 66.9 Å². The highest BCUT2D eigenvalue weighted by atomic mass is 35.5. The molecule has 3 aromatic rings. The normalized spacial score (nSPS) is 17.3. The summed E-state index contributed by atoms with van der Waals surface area (Å²) in [7, 11) is 0. The van der Waals surface area contributed by atoms with E-state index < -0.39 is 5.97 Å². The third-order valence-electron chi connectivity index (χ3n) is 5.41. The smallest absolute Gasteiger partial charge is 0.337 e. The number of pyridine rings is 1. The maximum atomic E-state index is 11.0. The molecule has 0 aliphatic heterocycles. The number of hydrogen-bond donors (Lipinski definition) is 4. The summed E-state index contributed by atoms with van der Waals surface area (Å²) in [4.78, 5) is 15.1. The van der Waals surface area contributed by atoms with Gasteiger partial charge in [-0.2, -0.15) is 0 Å². The van der Waals surface area contributed by atoms with E-state index in [0.29, 0.717) is 10.9 Å². The molecule has 0 bridgehead atoms. The van der Waals surface area contributed by atoms with Gasteiger partial charge in [0.25, 0.3) is 0 Å². The van der Waals surface area contributed by atoms with Crippen LogP contribution in [-0.4, -0.2) is 21.2 Å². The van der Waals surface area contributed by atoms with Crippen molar-refractivity contribution in [2.45, 2.75) is 24.8 Å². The minimum atomic E-state index is -1.09. The van der Waals surface area contributed by atoms with Crippen LogP contribution in [0, 0.1) is 0 Å². The number of anilines is 1. The first-order valence-corrected chi connectivity index (χ1v) is 10.7. The number of carboxylic acids is 1. The van der Waals surface area contributed by atoms with Crippen LogP contribution in [0.25, 0.3) is 0 Å². The van der Waals surface area contributed by atoms with Gasteiger partial charge in [0.2, 0.25) is 0 Å². The van der Waals surface area contributed by atoms with Gasteiger partial charge in [0, 0.05) is 12.1 Å². The second-order valence-electron chi connectivity index (χ2n) is 7.32. The summed E-state index contributed by atoms with van der Waals surface area (Å²) in [6.07, 6.45) is 3.26. The fourth-order valence-electron chi connectivity index (χ4n) is 3.94. The van der Waals surface area contributed by atoms with Crippen molar-refractivity contribution in [2.24, 2.45) is 0 Å². The molecule has 0 radical (unpaired) electrons. The number of carbonyl (C=O) groups is 1. The van der Waals surface area contributed by atoms with Gasteiger partial charge in [-0.1, -0.05) is 66.2 Å². The van der Waals surface area contributed by atoms with Gasteiger partial charge in [-0.05, 0) is 47.8 Å². The molecule has 158 valence electrons. The highest BCUT2D eigenvalue weighted by Crippen LogP contribution is 2.40. The predicted octanol–water partition coefficient (Wildman–Crippen LogP) is 4.70. The third-order valence-corrected chi connectivity index (χ3v) is 5.92. The number of thiocarbonyl (C=S) groups is 1. The Balaban J connectivity index is 1.50. The second-order valence-corrected chi connectivity index (χ2v) is 8.13. The molecule has 1 aliphatic carbocycles. The molecule has 2 atom stereocenters. The van der Waals surface area contributed by atoms with E-state index in [9.17, 15) is 4.79 Å². The first kappa shape index (κ1) is 21.1. The average molecular weight is 453 g/mol. The Kier molecular flexibility index (Phi) is 6.34. The SMILES string of the molecule is O=C(O)c1cnc(NNC(=S)N[C@H]2c3ccccc3CC[C@@H]2c2ccccc2)c(Cl)c1. The molecule has 4 N–H and O–H groups in total. The molecule has 0 spiro atoms. The molecule has 4 rings (SSSR count). The van der Waals surface area contributed by atoms with Gasteiger partial charge in [-0.15, -0.1) is 0 Å². The number of aryl methyl sites for hydroxylation is 1. The van der Waals surface area contributed by atoms with E-state index >= 15 is 0 Å². The van der Waals surface area contributed by atoms with E-state index in [-0.39, 0.29) is 22.5 Å². The largest absolute Gasteiger partial charge is 0.478 e. The standard InChI is InChI=1S/C23H21ClN4O2S/c24-19-12-16(22(29)30)13-25-21(19)27-28-23(31)26-20-17-9-5-4-8-15(17)10-11-18(20)14-6-2-1-3-7-14/h1-9,12-13,18,20H,10-11H2,(H,25,27)(H,29,30)(H2,26,28,31)/t18-,20+/m1/s1. The number of nitrogens with one attached hydrogen (secondary N) is 3. The molecule has 31 heavy (non-hydrogen) atoms. The van der Waals surface area contributed by atoms with Crippen LogP contribution in [0.4, 0.5) is 5.82 Å². The monoisotopic (exact) mass is 452 g/mol. The number of aromatic nitrogens is 1. The quantitative estimate of drug-likeness (QED) is 0.330. The summed E-state index contributed by atoms with van der Waals surface area (Å²) >= 11 is 11.7. The number of nitrogens with zero attached hydrogens (tertiary/aromatic N) is 1. The molecule has 1 heterocycles. The fourth-order valence-corrected chi connectivity index (χ4v) is 4.33. The Morgan fingerprint density at radius 2 is 1.87 bits per heavy atom. The van der Waals surface area contributed by atoms with Gasteiger partial charge in [0.05, 0.1) is 16.6 Å². The van der Waals surface area contributed by atoms with Gasteiger partial charge in [-0.25, -0.2) is 9.78 Å². The lowest BCUT2D eigenvalue weighted by Crippen LogP contribution is -2.43. The summed E-state index contributed by atoms with van der Waals surface area (Å²) in [5.74, 6) is -0.527. The van der Waals surface area contributed by atoms with Crippen molar-refractivity contribution >= 4 is 40.7 Å². The third kappa shape index (κ3) is 4.78. The first-order chi connectivity index (χ1) is 15.0. The number of fused-ring (bicyclic) bond motifs is 1. The minimum absolute atomic E-state index is 0.00645. The topological polar surface area (TPSA) is 86.3 Å². The van der Waals surface area contributed by atoms with E-state index in [0.717, 1.165) is 12.8 Å². The van der Waals surface area contributed by atoms with Gasteiger partial charge in [0.1, 0.15) is 0 Å². The van der Waals surface area contributed by atoms with E-state index in [2.05, 4.69) is 63.6 Å². The zero-order valence-electron chi connectivity index (χ0n) is 16.5. The maximum Gasteiger partial charge on any atom is 0.337 e. The fraction of sp³-hybridized carbons (Fsp3) is 0.174. The van der Waals surface area contributed by atoms with Crippen molar-refractivity contribution in [3.05, 3.63) is 94.1 Å². The van der Waals surface area contributed by atoms with Crippen molar-refractivity contribution in [2.75, 3.05) is 5.43 Å². The van der Waals surface area contributed by atoms with Crippen molar-refractivity contribution in [3.8, 4) is 0 Å². The molecule has 0 amide bonds. The maximum absolute atomic E-state index is 11.0. The van der Waals surface area contributed by atoms with Crippen molar-refractivity contribution in [1.82, 2.24) is 15.7 Å². The predicted molar refractivity (Wildman–Crippen MR) is 125 cm³/mol. The van der Waals surface area contributed by atoms with Crippen LogP contribution in [0.2, 0.25) is 5.02 Å². The number of halogens is 1. The van der Waals surface area contributed by atoms with E-state index in [1.807, 2.05) is 12.1 Å². The van der Waals surface area contributed by atoms with Crippen LogP contribution in [-0.2, 0) is 6.42 Å². The Labute approximate surface area is 190 Å². The molecule has 0 fully saturated rings. The second kappa shape index (κ2) is 9.32. The van der Waals surface area contributed by atoms with Gasteiger partial charge in [0.15, 0.2) is 10.9 Å². The van der Waals surface area contributed by atoms with E-state index in [1.54, 1.807) is 0 Å². The number of carboxylic acid groups (broad SMARTS) is 1. The van der Waals surface area contributed by atoms with Crippen LogP contribution in [0.3, 0.4) is 0 Å². The molecular weight excluding hydrogens is 432 g/mol. The Morgan fingerprint density at radius 1 is 1.13 bits per heavy atom. The molecule has 0 saturated carbocycles. The highest BCUT2D eigenvalue weighted by molar-refractivity contribution is 7.80. The Hall–Kier alpha value is -3.16. The minimum Gasteiger partial charge on any atom is -0.478 e. The van der Waals surface area contributed by atoms with Gasteiger partial charge >= 0.3 is 5.97 Å². The number of rotatable bonds is 5. The lowest BCUT2D eigenvalue weighted by atomic mass is 9.76. The summed E-state index contributed by atoms with van der Waals surface area (Å²) in [5, 5.41) is 13.0. The molecule has 1 aliphatic rings. The first-order valence-electron chi connectivity index (χ1n) is 9.87. The summed E-state index contributed by atoms with van der Waals surface area (Å²) in [6, 6.07) is 20.2. The molecule has 6 nitrogen and oxygen atoms in total. The summed E-state index contributed by atoms with van der Waals surface area (Å²) in [6.45, 7) is 0. The molecule has 2 aromatic carbocycles. The van der Waals surface area contributed by atoms with Gasteiger partial charge < -0.3 is 10.4 Å². The van der Waals surface area contributed by atoms with E-state index in [1.165, 1.54) is 29.0 Å². The zero-order chi connectivity index (χ0) is 21.8. The summed E-state index contributed by atoms with van der Waals surface area (Å²) in [5.41, 5.74) is 9.60.